The number of carbonyl (C=O) groups excluding carboxylic acids is 1. The van der Waals surface area contributed by atoms with Gasteiger partial charge in [-0.3, -0.25) is 4.90 Å². The fourth-order valence-corrected chi connectivity index (χ4v) is 3.12. The van der Waals surface area contributed by atoms with Crippen LogP contribution in [0.4, 0.5) is 4.79 Å². The molecule has 1 aliphatic heterocycles. The summed E-state index contributed by atoms with van der Waals surface area (Å²) in [6.45, 7) is 5.26. The van der Waals surface area contributed by atoms with Crippen LogP contribution in [0.15, 0.2) is 36.5 Å². The molecule has 0 unspecified atom stereocenters. The number of aromatic amines is 1. The van der Waals surface area contributed by atoms with Crippen molar-refractivity contribution in [3.05, 3.63) is 53.6 Å². The third-order valence-electron chi connectivity index (χ3n) is 4.53. The van der Waals surface area contributed by atoms with E-state index in [9.17, 15) is 4.79 Å². The Balaban J connectivity index is 1.46. The Bertz CT molecular complexity index is 669. The number of benzene rings is 1. The van der Waals surface area contributed by atoms with Crippen LogP contribution in [0.3, 0.4) is 0 Å². The quantitative estimate of drug-likeness (QED) is 0.884. The summed E-state index contributed by atoms with van der Waals surface area (Å²) in [6, 6.07) is 10.7. The maximum Gasteiger partial charge on any atom is 0.317 e. The average Bonchev–Trinajstić information content (AvgIpc) is 3.22. The van der Waals surface area contributed by atoms with Crippen LogP contribution in [0.25, 0.3) is 0 Å². The van der Waals surface area contributed by atoms with Gasteiger partial charge in [-0.05, 0) is 18.9 Å². The number of amides is 2. The van der Waals surface area contributed by atoms with E-state index in [1.165, 1.54) is 5.56 Å². The van der Waals surface area contributed by atoms with Crippen LogP contribution in [0.2, 0.25) is 0 Å². The molecule has 1 aliphatic rings. The van der Waals surface area contributed by atoms with Crippen LogP contribution in [-0.2, 0) is 13.1 Å². The summed E-state index contributed by atoms with van der Waals surface area (Å²) in [5.41, 5.74) is 2.32. The Hall–Kier alpha value is -2.34. The number of hydrogen-bond donors (Lipinski definition) is 2. The number of rotatable bonds is 5. The lowest BCUT2D eigenvalue weighted by Gasteiger charge is -2.25. The maximum atomic E-state index is 12.3. The normalized spacial score (nSPS) is 17.8. The molecule has 0 bridgehead atoms. The van der Waals surface area contributed by atoms with E-state index in [1.807, 2.05) is 24.9 Å². The molecule has 1 atom stereocenters. The summed E-state index contributed by atoms with van der Waals surface area (Å²) in [5, 5.41) is 2.93. The smallest absolute Gasteiger partial charge is 0.317 e. The first-order valence-corrected chi connectivity index (χ1v) is 8.39. The molecular weight excluding hydrogens is 302 g/mol. The highest BCUT2D eigenvalue weighted by molar-refractivity contribution is 5.74. The van der Waals surface area contributed by atoms with Gasteiger partial charge in [0.1, 0.15) is 5.82 Å². The number of H-pyrrole nitrogens is 1. The zero-order valence-electron chi connectivity index (χ0n) is 14.3. The summed E-state index contributed by atoms with van der Waals surface area (Å²) >= 11 is 0. The second kappa shape index (κ2) is 7.49. The van der Waals surface area contributed by atoms with Crippen LogP contribution in [0.5, 0.6) is 0 Å². The zero-order valence-corrected chi connectivity index (χ0v) is 14.3. The van der Waals surface area contributed by atoms with Gasteiger partial charge in [0.05, 0.1) is 6.54 Å². The number of likely N-dealkylation sites (tertiary alicyclic amines) is 1. The summed E-state index contributed by atoms with van der Waals surface area (Å²) in [7, 11) is 1.87. The van der Waals surface area contributed by atoms with Gasteiger partial charge in [0.15, 0.2) is 0 Å². The fourth-order valence-electron chi connectivity index (χ4n) is 3.12. The Kier molecular flexibility index (Phi) is 5.15. The van der Waals surface area contributed by atoms with Crippen molar-refractivity contribution in [1.29, 1.82) is 0 Å². The number of imidazole rings is 1. The van der Waals surface area contributed by atoms with E-state index in [4.69, 9.17) is 0 Å². The number of aryl methyl sites for hydroxylation is 1. The van der Waals surface area contributed by atoms with Gasteiger partial charge < -0.3 is 15.2 Å². The van der Waals surface area contributed by atoms with Crippen LogP contribution in [0.1, 0.15) is 23.5 Å². The van der Waals surface area contributed by atoms with Crippen LogP contribution >= 0.6 is 0 Å². The highest BCUT2D eigenvalue weighted by Gasteiger charge is 2.28. The van der Waals surface area contributed by atoms with Crippen LogP contribution in [0, 0.1) is 6.92 Å². The lowest BCUT2D eigenvalue weighted by atomic mass is 10.2. The van der Waals surface area contributed by atoms with Crippen molar-refractivity contribution >= 4 is 6.03 Å². The average molecular weight is 327 g/mol. The molecule has 2 amide bonds. The molecule has 0 radical (unpaired) electrons. The van der Waals surface area contributed by atoms with Crippen molar-refractivity contribution in [3.8, 4) is 0 Å². The van der Waals surface area contributed by atoms with Crippen molar-refractivity contribution in [1.82, 2.24) is 25.1 Å². The van der Waals surface area contributed by atoms with Gasteiger partial charge in [-0.1, -0.05) is 30.3 Å². The number of likely N-dealkylation sites (N-methyl/N-ethyl adjacent to an activating group) is 1. The molecule has 0 aliphatic carbocycles. The van der Waals surface area contributed by atoms with Crippen LogP contribution < -0.4 is 5.32 Å². The molecule has 1 aromatic carbocycles. The number of carbonyl (C=O) groups is 1. The predicted molar refractivity (Wildman–Crippen MR) is 93.4 cm³/mol. The topological polar surface area (TPSA) is 64.3 Å². The van der Waals surface area contributed by atoms with E-state index in [0.717, 1.165) is 37.6 Å². The highest BCUT2D eigenvalue weighted by Crippen LogP contribution is 2.17. The highest BCUT2D eigenvalue weighted by atomic mass is 16.2. The molecular formula is C18H25N5O. The minimum Gasteiger partial charge on any atom is -0.345 e. The Morgan fingerprint density at radius 1 is 1.42 bits per heavy atom. The largest absolute Gasteiger partial charge is 0.345 e. The van der Waals surface area contributed by atoms with Crippen molar-refractivity contribution in [3.63, 3.8) is 0 Å². The second-order valence-corrected chi connectivity index (χ2v) is 6.45. The molecule has 6 nitrogen and oxygen atoms in total. The molecule has 1 saturated heterocycles. The second-order valence-electron chi connectivity index (χ2n) is 6.45. The summed E-state index contributed by atoms with van der Waals surface area (Å²) in [4.78, 5) is 23.9. The molecule has 128 valence electrons. The van der Waals surface area contributed by atoms with Gasteiger partial charge >= 0.3 is 6.03 Å². The summed E-state index contributed by atoms with van der Waals surface area (Å²) < 4.78 is 0. The molecule has 0 spiro atoms. The van der Waals surface area contributed by atoms with Crippen molar-refractivity contribution in [2.75, 3.05) is 20.1 Å². The molecule has 2 aromatic rings. The monoisotopic (exact) mass is 327 g/mol. The van der Waals surface area contributed by atoms with Gasteiger partial charge in [0.25, 0.3) is 0 Å². The van der Waals surface area contributed by atoms with Gasteiger partial charge in [-0.15, -0.1) is 0 Å². The number of nitrogens with one attached hydrogen (secondary N) is 2. The molecule has 1 fully saturated rings. The van der Waals surface area contributed by atoms with E-state index >= 15 is 0 Å². The van der Waals surface area contributed by atoms with E-state index < -0.39 is 0 Å². The SMILES string of the molecule is Cc1cnc(CNC(=O)N(C)[C@@H]2CCN(Cc3ccccc3)C2)[nH]1. The van der Waals surface area contributed by atoms with E-state index in [-0.39, 0.29) is 12.1 Å². The van der Waals surface area contributed by atoms with Gasteiger partial charge in [-0.25, -0.2) is 9.78 Å². The summed E-state index contributed by atoms with van der Waals surface area (Å²) in [5.74, 6) is 0.784. The first-order chi connectivity index (χ1) is 11.6. The minimum absolute atomic E-state index is 0.0457. The first kappa shape index (κ1) is 16.5. The van der Waals surface area contributed by atoms with Crippen molar-refractivity contribution < 1.29 is 4.79 Å². The molecule has 1 aromatic heterocycles. The lowest BCUT2D eigenvalue weighted by Crippen LogP contribution is -2.44. The standard InChI is InChI=1S/C18H25N5O/c1-14-10-19-17(21-14)11-20-18(24)22(2)16-8-9-23(13-16)12-15-6-4-3-5-7-15/h3-7,10,16H,8-9,11-13H2,1-2H3,(H,19,21)(H,20,24)/t16-/m1/s1. The molecule has 6 heteroatoms. The minimum atomic E-state index is -0.0457. The number of hydrogen-bond acceptors (Lipinski definition) is 3. The number of nitrogens with zero attached hydrogens (tertiary/aromatic N) is 3. The zero-order chi connectivity index (χ0) is 16.9. The van der Waals surface area contributed by atoms with E-state index in [0.29, 0.717) is 6.54 Å². The number of urea groups is 1. The third-order valence-corrected chi connectivity index (χ3v) is 4.53. The van der Waals surface area contributed by atoms with Crippen molar-refractivity contribution in [2.45, 2.75) is 32.5 Å². The van der Waals surface area contributed by atoms with E-state index in [2.05, 4.69) is 44.5 Å². The van der Waals surface area contributed by atoms with Crippen molar-refractivity contribution in [2.24, 2.45) is 0 Å². The molecule has 2 N–H and O–H groups in total. The fraction of sp³-hybridized carbons (Fsp3) is 0.444. The molecule has 2 heterocycles. The maximum absolute atomic E-state index is 12.3. The summed E-state index contributed by atoms with van der Waals surface area (Å²) in [6.07, 6.45) is 2.78. The molecule has 24 heavy (non-hydrogen) atoms. The third kappa shape index (κ3) is 4.14. The van der Waals surface area contributed by atoms with E-state index in [1.54, 1.807) is 6.20 Å². The first-order valence-electron chi connectivity index (χ1n) is 8.39. The van der Waals surface area contributed by atoms with Gasteiger partial charge in [0, 0.05) is 44.6 Å². The number of aromatic nitrogens is 2. The van der Waals surface area contributed by atoms with Gasteiger partial charge in [0.2, 0.25) is 0 Å². The Morgan fingerprint density at radius 3 is 2.92 bits per heavy atom. The van der Waals surface area contributed by atoms with Gasteiger partial charge in [-0.2, -0.15) is 0 Å². The lowest BCUT2D eigenvalue weighted by molar-refractivity contribution is 0.188. The Morgan fingerprint density at radius 2 is 2.21 bits per heavy atom. The Labute approximate surface area is 142 Å². The predicted octanol–water partition coefficient (Wildman–Crippen LogP) is 2.13. The molecule has 0 saturated carbocycles. The molecule has 3 rings (SSSR count). The van der Waals surface area contributed by atoms with Crippen LogP contribution in [-0.4, -0.2) is 52.0 Å².